The molecular formula is C26H25N7O2. The Bertz CT molecular complexity index is 1640. The van der Waals surface area contributed by atoms with Crippen LogP contribution in [0.3, 0.4) is 0 Å². The fourth-order valence-corrected chi connectivity index (χ4v) is 4.08. The molecule has 0 aromatic carbocycles. The molecule has 0 aliphatic rings. The van der Waals surface area contributed by atoms with Crippen molar-refractivity contribution < 1.29 is 4.79 Å². The van der Waals surface area contributed by atoms with Crippen molar-refractivity contribution in [3.8, 4) is 22.3 Å². The summed E-state index contributed by atoms with van der Waals surface area (Å²) in [6.07, 6.45) is 12.3. The predicted octanol–water partition coefficient (Wildman–Crippen LogP) is 3.53. The summed E-state index contributed by atoms with van der Waals surface area (Å²) in [6.45, 7) is 0.677. The molecule has 9 nitrogen and oxygen atoms in total. The molecule has 35 heavy (non-hydrogen) atoms. The van der Waals surface area contributed by atoms with Gasteiger partial charge in [0.15, 0.2) is 0 Å². The van der Waals surface area contributed by atoms with Crippen molar-refractivity contribution in [1.29, 1.82) is 0 Å². The minimum atomic E-state index is -0.233. The molecule has 9 heteroatoms. The van der Waals surface area contributed by atoms with Crippen LogP contribution >= 0.6 is 0 Å². The van der Waals surface area contributed by atoms with Crippen LogP contribution in [0.15, 0.2) is 72.2 Å². The summed E-state index contributed by atoms with van der Waals surface area (Å²) < 4.78 is 1.58. The topological polar surface area (TPSA) is 112 Å². The van der Waals surface area contributed by atoms with E-state index in [0.717, 1.165) is 38.7 Å². The molecule has 0 spiro atoms. The quantitative estimate of drug-likeness (QED) is 0.331. The number of carbonyl (C=O) groups excluding carboxylic acids is 1. The number of carbonyl (C=O) groups is 1. The van der Waals surface area contributed by atoms with E-state index in [1.165, 1.54) is 6.08 Å². The Morgan fingerprint density at radius 2 is 1.97 bits per heavy atom. The lowest BCUT2D eigenvalue weighted by molar-refractivity contribution is -0.111. The molecule has 5 heterocycles. The summed E-state index contributed by atoms with van der Waals surface area (Å²) in [5.41, 5.74) is 4.88. The maximum absolute atomic E-state index is 12.5. The highest BCUT2D eigenvalue weighted by molar-refractivity contribution is 6.04. The Hall–Kier alpha value is -4.50. The summed E-state index contributed by atoms with van der Waals surface area (Å²) in [7, 11) is 5.62. The smallest absolute Gasteiger partial charge is 0.274 e. The van der Waals surface area contributed by atoms with Crippen LogP contribution in [-0.4, -0.2) is 56.0 Å². The third-order valence-electron chi connectivity index (χ3n) is 5.80. The number of likely N-dealkylation sites (N-methyl/N-ethyl adjacent to an activating group) is 1. The molecule has 0 aliphatic heterocycles. The standard InChI is InChI=1S/C26H25N7O2/c1-32(2)10-4-5-23(34)31-22-12-16(6-8-27-22)17-11-19-20(14-30-25(19)29-13-17)21-15-33(3)26(35)24-18(21)7-9-28-24/h4-9,11-15,28H,10H2,1-3H3,(H,29,30)(H,27,31,34)/b5-4+. The maximum atomic E-state index is 12.5. The average Bonchev–Trinajstić information content (AvgIpc) is 3.49. The van der Waals surface area contributed by atoms with E-state index in [1.807, 2.05) is 49.6 Å². The lowest BCUT2D eigenvalue weighted by atomic mass is 10.0. The van der Waals surface area contributed by atoms with Gasteiger partial charge in [0.05, 0.1) is 0 Å². The van der Waals surface area contributed by atoms with Gasteiger partial charge in [0.2, 0.25) is 5.91 Å². The lowest BCUT2D eigenvalue weighted by Crippen LogP contribution is -2.16. The SMILES string of the molecule is CN(C)C/C=C/C(=O)Nc1cc(-c2cnc3[nH]cc(-c4cn(C)c(=O)c5[nH]ccc45)c3c2)ccn1. The van der Waals surface area contributed by atoms with Crippen LogP contribution in [0, 0.1) is 0 Å². The van der Waals surface area contributed by atoms with E-state index in [0.29, 0.717) is 17.9 Å². The normalized spacial score (nSPS) is 11.8. The molecule has 1 amide bonds. The second kappa shape index (κ2) is 9.03. The minimum Gasteiger partial charge on any atom is -0.357 e. The van der Waals surface area contributed by atoms with Crippen LogP contribution in [-0.2, 0) is 11.8 Å². The third-order valence-corrected chi connectivity index (χ3v) is 5.80. The van der Waals surface area contributed by atoms with Crippen LogP contribution in [0.25, 0.3) is 44.2 Å². The van der Waals surface area contributed by atoms with E-state index in [4.69, 9.17) is 0 Å². The molecule has 0 atom stereocenters. The number of hydrogen-bond acceptors (Lipinski definition) is 5. The number of aromatic nitrogens is 5. The van der Waals surface area contributed by atoms with Gasteiger partial charge in [0.1, 0.15) is 17.0 Å². The lowest BCUT2D eigenvalue weighted by Gasteiger charge is -2.08. The van der Waals surface area contributed by atoms with Gasteiger partial charge in [-0.25, -0.2) is 9.97 Å². The van der Waals surface area contributed by atoms with Gasteiger partial charge in [-0.2, -0.15) is 0 Å². The highest BCUT2D eigenvalue weighted by Gasteiger charge is 2.15. The van der Waals surface area contributed by atoms with E-state index in [1.54, 1.807) is 36.3 Å². The largest absolute Gasteiger partial charge is 0.357 e. The summed E-state index contributed by atoms with van der Waals surface area (Å²) in [5, 5.41) is 4.59. The number of amides is 1. The number of fused-ring (bicyclic) bond motifs is 2. The summed E-state index contributed by atoms with van der Waals surface area (Å²) in [4.78, 5) is 41.8. The van der Waals surface area contributed by atoms with E-state index < -0.39 is 0 Å². The van der Waals surface area contributed by atoms with Gasteiger partial charge in [0.25, 0.3) is 5.56 Å². The van der Waals surface area contributed by atoms with Crippen molar-refractivity contribution in [1.82, 2.24) is 29.4 Å². The van der Waals surface area contributed by atoms with Crippen LogP contribution < -0.4 is 10.9 Å². The predicted molar refractivity (Wildman–Crippen MR) is 138 cm³/mol. The Morgan fingerprint density at radius 1 is 1.11 bits per heavy atom. The van der Waals surface area contributed by atoms with Gasteiger partial charge in [-0.05, 0) is 43.9 Å². The van der Waals surface area contributed by atoms with Crippen molar-refractivity contribution in [3.05, 3.63) is 77.8 Å². The van der Waals surface area contributed by atoms with Crippen LogP contribution in [0.1, 0.15) is 0 Å². The van der Waals surface area contributed by atoms with Gasteiger partial charge in [0, 0.05) is 78.1 Å². The van der Waals surface area contributed by atoms with Gasteiger partial charge in [-0.1, -0.05) is 6.08 Å². The zero-order valence-corrected chi connectivity index (χ0v) is 19.7. The van der Waals surface area contributed by atoms with Crippen molar-refractivity contribution in [2.45, 2.75) is 0 Å². The summed E-state index contributed by atoms with van der Waals surface area (Å²) in [6, 6.07) is 7.66. The van der Waals surface area contributed by atoms with E-state index in [9.17, 15) is 9.59 Å². The second-order valence-electron chi connectivity index (χ2n) is 8.63. The van der Waals surface area contributed by atoms with E-state index in [2.05, 4.69) is 31.3 Å². The molecule has 176 valence electrons. The molecule has 0 bridgehead atoms. The Labute approximate surface area is 201 Å². The fraction of sp³-hybridized carbons (Fsp3) is 0.154. The van der Waals surface area contributed by atoms with Gasteiger partial charge >= 0.3 is 0 Å². The third kappa shape index (κ3) is 4.36. The van der Waals surface area contributed by atoms with Gasteiger partial charge in [-0.3, -0.25) is 9.59 Å². The molecular weight excluding hydrogens is 442 g/mol. The van der Waals surface area contributed by atoms with E-state index >= 15 is 0 Å². The molecule has 0 unspecified atom stereocenters. The number of aryl methyl sites for hydroxylation is 1. The summed E-state index contributed by atoms with van der Waals surface area (Å²) >= 11 is 0. The second-order valence-corrected chi connectivity index (χ2v) is 8.63. The molecule has 5 rings (SSSR count). The molecule has 5 aromatic rings. The minimum absolute atomic E-state index is 0.0738. The van der Waals surface area contributed by atoms with Crippen LogP contribution in [0.2, 0.25) is 0 Å². The Kier molecular flexibility index (Phi) is 5.76. The first-order chi connectivity index (χ1) is 16.9. The Morgan fingerprint density at radius 3 is 2.80 bits per heavy atom. The number of aromatic amines is 2. The number of rotatable bonds is 6. The number of nitrogens with zero attached hydrogens (tertiary/aromatic N) is 4. The first-order valence-electron chi connectivity index (χ1n) is 11.1. The van der Waals surface area contributed by atoms with Crippen LogP contribution in [0.4, 0.5) is 5.82 Å². The molecule has 0 radical (unpaired) electrons. The number of pyridine rings is 3. The van der Waals surface area contributed by atoms with Crippen molar-refractivity contribution in [2.75, 3.05) is 26.0 Å². The molecule has 0 fully saturated rings. The number of anilines is 1. The molecule has 5 aromatic heterocycles. The highest BCUT2D eigenvalue weighted by atomic mass is 16.1. The highest BCUT2D eigenvalue weighted by Crippen LogP contribution is 2.34. The van der Waals surface area contributed by atoms with Crippen molar-refractivity contribution in [3.63, 3.8) is 0 Å². The molecule has 3 N–H and O–H groups in total. The van der Waals surface area contributed by atoms with Gasteiger partial charge < -0.3 is 24.8 Å². The first-order valence-corrected chi connectivity index (χ1v) is 11.1. The van der Waals surface area contributed by atoms with Gasteiger partial charge in [-0.15, -0.1) is 0 Å². The molecule has 0 saturated heterocycles. The molecule has 0 saturated carbocycles. The Balaban J connectivity index is 1.51. The van der Waals surface area contributed by atoms with Crippen molar-refractivity contribution in [2.24, 2.45) is 7.05 Å². The maximum Gasteiger partial charge on any atom is 0.274 e. The summed E-state index contributed by atoms with van der Waals surface area (Å²) in [5.74, 6) is 0.228. The number of H-pyrrole nitrogens is 2. The van der Waals surface area contributed by atoms with Crippen molar-refractivity contribution >= 4 is 33.7 Å². The average molecular weight is 468 g/mol. The number of nitrogens with one attached hydrogen (secondary N) is 3. The zero-order valence-electron chi connectivity index (χ0n) is 19.7. The molecule has 0 aliphatic carbocycles. The first kappa shape index (κ1) is 22.3. The number of hydrogen-bond donors (Lipinski definition) is 3. The van der Waals surface area contributed by atoms with Crippen LogP contribution in [0.5, 0.6) is 0 Å². The van der Waals surface area contributed by atoms with E-state index in [-0.39, 0.29) is 11.5 Å². The fourth-order valence-electron chi connectivity index (χ4n) is 4.08. The zero-order chi connectivity index (χ0) is 24.5. The monoisotopic (exact) mass is 467 g/mol.